The minimum Gasteiger partial charge on any atom is -0.0961 e. The number of hydrogen-bond acceptors (Lipinski definition) is 0. The molecular weight excluding hydrogens is 312 g/mol. The molecule has 0 amide bonds. The van der Waals surface area contributed by atoms with Crippen LogP contribution in [0.2, 0.25) is 0 Å². The van der Waals surface area contributed by atoms with Crippen molar-refractivity contribution >= 4 is 11.1 Å². The molecule has 0 fully saturated rings. The Kier molecular flexibility index (Phi) is 8.05. The van der Waals surface area contributed by atoms with Crippen LogP contribution in [0.4, 0.5) is 0 Å². The topological polar surface area (TPSA) is 0 Å². The predicted molar refractivity (Wildman–Crippen MR) is 120 cm³/mol. The second-order valence-corrected chi connectivity index (χ2v) is 6.37. The van der Waals surface area contributed by atoms with Crippen LogP contribution in [0.3, 0.4) is 0 Å². The van der Waals surface area contributed by atoms with Gasteiger partial charge < -0.3 is 0 Å². The quantitative estimate of drug-likeness (QED) is 0.405. The summed E-state index contributed by atoms with van der Waals surface area (Å²) < 4.78 is 0. The van der Waals surface area contributed by atoms with Crippen LogP contribution in [0.25, 0.3) is 11.1 Å². The van der Waals surface area contributed by atoms with Crippen molar-refractivity contribution in [2.24, 2.45) is 0 Å². The van der Waals surface area contributed by atoms with Crippen LogP contribution in [0.1, 0.15) is 25.0 Å². The van der Waals surface area contributed by atoms with Gasteiger partial charge in [0.1, 0.15) is 0 Å². The zero-order chi connectivity index (χ0) is 19.7. The van der Waals surface area contributed by atoms with Gasteiger partial charge in [-0.1, -0.05) is 111 Å². The van der Waals surface area contributed by atoms with Gasteiger partial charge in [0.2, 0.25) is 0 Å². The molecule has 0 radical (unpaired) electrons. The van der Waals surface area contributed by atoms with Crippen molar-refractivity contribution in [2.45, 2.75) is 13.8 Å². The van der Waals surface area contributed by atoms with E-state index in [0.29, 0.717) is 0 Å². The fraction of sp³-hybridized carbons (Fsp3) is 0.0769. The van der Waals surface area contributed by atoms with Crippen molar-refractivity contribution in [2.75, 3.05) is 0 Å². The van der Waals surface area contributed by atoms with E-state index in [1.807, 2.05) is 74.6 Å². The lowest BCUT2D eigenvalue weighted by Gasteiger charge is -2.05. The largest absolute Gasteiger partial charge is 0.0961 e. The summed E-state index contributed by atoms with van der Waals surface area (Å²) in [6, 6.07) is 8.17. The summed E-state index contributed by atoms with van der Waals surface area (Å²) in [4.78, 5) is 0. The third-order valence-electron chi connectivity index (χ3n) is 3.66. The lowest BCUT2D eigenvalue weighted by molar-refractivity contribution is 1.52. The lowest BCUT2D eigenvalue weighted by atomic mass is 10.00. The third kappa shape index (κ3) is 7.19. The third-order valence-corrected chi connectivity index (χ3v) is 3.66. The van der Waals surface area contributed by atoms with Gasteiger partial charge in [-0.05, 0) is 47.3 Å². The number of benzene rings is 1. The Bertz CT molecular complexity index is 831. The van der Waals surface area contributed by atoms with Crippen molar-refractivity contribution in [3.8, 4) is 0 Å². The highest BCUT2D eigenvalue weighted by Gasteiger charge is 1.99. The van der Waals surface area contributed by atoms with Gasteiger partial charge in [-0.3, -0.25) is 0 Å². The number of allylic oxidation sites excluding steroid dienone is 12. The fourth-order valence-corrected chi connectivity index (χ4v) is 1.99. The van der Waals surface area contributed by atoms with Gasteiger partial charge in [-0.25, -0.2) is 0 Å². The second-order valence-electron chi connectivity index (χ2n) is 6.37. The lowest BCUT2D eigenvalue weighted by Crippen LogP contribution is -1.84. The number of hydrogen-bond donors (Lipinski definition) is 0. The van der Waals surface area contributed by atoms with Crippen LogP contribution in [0, 0.1) is 0 Å². The molecule has 0 aliphatic carbocycles. The van der Waals surface area contributed by atoms with E-state index in [1.165, 1.54) is 0 Å². The smallest absolute Gasteiger partial charge is 0.0190 e. The van der Waals surface area contributed by atoms with E-state index in [0.717, 1.165) is 44.6 Å². The maximum Gasteiger partial charge on any atom is -0.0190 e. The Labute approximate surface area is 159 Å². The van der Waals surface area contributed by atoms with E-state index in [4.69, 9.17) is 0 Å². The van der Waals surface area contributed by atoms with Crippen LogP contribution in [-0.2, 0) is 0 Å². The van der Waals surface area contributed by atoms with Crippen molar-refractivity contribution in [3.63, 3.8) is 0 Å². The zero-order valence-electron chi connectivity index (χ0n) is 16.0. The SMILES string of the molecule is C=C(C)/C=C\C(=C)C(=C)/C=C\C(=C)c1ccc(C(=C)/C=C\C(=C)C)cc1. The molecule has 1 aromatic rings. The summed E-state index contributed by atoms with van der Waals surface area (Å²) in [7, 11) is 0. The van der Waals surface area contributed by atoms with Crippen LogP contribution in [0.15, 0.2) is 122 Å². The molecule has 1 rings (SSSR count). The van der Waals surface area contributed by atoms with Crippen LogP contribution < -0.4 is 0 Å². The van der Waals surface area contributed by atoms with E-state index in [-0.39, 0.29) is 0 Å². The predicted octanol–water partition coefficient (Wildman–Crippen LogP) is 7.65. The Hall–Kier alpha value is -3.12. The standard InChI is InChI=1S/C26H28/c1-19(2)9-11-21(5)22(6)13-14-24(8)26-17-15-25(16-18-26)23(7)12-10-20(3)4/h9-18H,1,3,5-8H2,2,4H3/b11-9-,12-10-,14-13-. The summed E-state index contributed by atoms with van der Waals surface area (Å²) in [5.41, 5.74) is 7.68. The molecule has 0 unspecified atom stereocenters. The van der Waals surface area contributed by atoms with Crippen molar-refractivity contribution < 1.29 is 0 Å². The molecule has 26 heavy (non-hydrogen) atoms. The van der Waals surface area contributed by atoms with Gasteiger partial charge in [0, 0.05) is 0 Å². The summed E-state index contributed by atoms with van der Waals surface area (Å²) in [5, 5.41) is 0. The highest BCUT2D eigenvalue weighted by atomic mass is 14.0. The van der Waals surface area contributed by atoms with Gasteiger partial charge in [-0.2, -0.15) is 0 Å². The molecule has 0 N–H and O–H groups in total. The van der Waals surface area contributed by atoms with Gasteiger partial charge in [0.05, 0.1) is 0 Å². The second kappa shape index (κ2) is 10.0. The Morgan fingerprint density at radius 3 is 1.23 bits per heavy atom. The molecule has 0 atom stereocenters. The van der Waals surface area contributed by atoms with E-state index in [1.54, 1.807) is 0 Å². The minimum absolute atomic E-state index is 0.846. The average molecular weight is 341 g/mol. The van der Waals surface area contributed by atoms with Gasteiger partial charge in [0.25, 0.3) is 0 Å². The van der Waals surface area contributed by atoms with Crippen LogP contribution in [0.5, 0.6) is 0 Å². The van der Waals surface area contributed by atoms with Crippen molar-refractivity contribution in [1.29, 1.82) is 0 Å². The molecule has 0 saturated heterocycles. The zero-order valence-corrected chi connectivity index (χ0v) is 16.0. The minimum atomic E-state index is 0.846. The summed E-state index contributed by atoms with van der Waals surface area (Å²) in [5.74, 6) is 0. The Morgan fingerprint density at radius 1 is 0.538 bits per heavy atom. The average Bonchev–Trinajstić information content (AvgIpc) is 2.61. The molecule has 0 aromatic heterocycles. The molecule has 132 valence electrons. The normalized spacial score (nSPS) is 11.2. The van der Waals surface area contributed by atoms with Crippen molar-refractivity contribution in [3.05, 3.63) is 134 Å². The fourth-order valence-electron chi connectivity index (χ4n) is 1.99. The maximum absolute atomic E-state index is 4.13. The Morgan fingerprint density at radius 2 is 0.846 bits per heavy atom. The van der Waals surface area contributed by atoms with E-state index in [9.17, 15) is 0 Å². The van der Waals surface area contributed by atoms with Crippen molar-refractivity contribution in [1.82, 2.24) is 0 Å². The van der Waals surface area contributed by atoms with Gasteiger partial charge in [-0.15, -0.1) is 0 Å². The molecule has 0 heteroatoms. The van der Waals surface area contributed by atoms with E-state index >= 15 is 0 Å². The first-order valence-electron chi connectivity index (χ1n) is 8.42. The first kappa shape index (κ1) is 20.9. The van der Waals surface area contributed by atoms with E-state index < -0.39 is 0 Å². The van der Waals surface area contributed by atoms with Gasteiger partial charge in [0.15, 0.2) is 0 Å². The molecule has 1 aromatic carbocycles. The molecule has 0 aliphatic rings. The molecule has 0 aliphatic heterocycles. The highest BCUT2D eigenvalue weighted by Crippen LogP contribution is 2.20. The molecule has 0 spiro atoms. The molecular formula is C26H28. The molecule has 0 heterocycles. The Balaban J connectivity index is 2.78. The summed E-state index contributed by atoms with van der Waals surface area (Å²) in [6.45, 7) is 27.8. The maximum atomic E-state index is 4.13. The number of rotatable bonds is 9. The highest BCUT2D eigenvalue weighted by molar-refractivity contribution is 5.77. The first-order chi connectivity index (χ1) is 12.2. The van der Waals surface area contributed by atoms with Gasteiger partial charge >= 0.3 is 0 Å². The van der Waals surface area contributed by atoms with Crippen LogP contribution >= 0.6 is 0 Å². The summed E-state index contributed by atoms with van der Waals surface area (Å²) >= 11 is 0. The van der Waals surface area contributed by atoms with E-state index in [2.05, 4.69) is 39.5 Å². The molecule has 0 saturated carbocycles. The molecule has 0 nitrogen and oxygen atoms in total. The van der Waals surface area contributed by atoms with Crippen LogP contribution in [-0.4, -0.2) is 0 Å². The monoisotopic (exact) mass is 340 g/mol. The summed E-state index contributed by atoms with van der Waals surface area (Å²) in [6.07, 6.45) is 11.6. The first-order valence-corrected chi connectivity index (χ1v) is 8.42. The molecule has 0 bridgehead atoms.